The summed E-state index contributed by atoms with van der Waals surface area (Å²) in [6.45, 7) is 5.18. The fourth-order valence-corrected chi connectivity index (χ4v) is 4.17. The van der Waals surface area contributed by atoms with Gasteiger partial charge in [-0.15, -0.1) is 11.3 Å². The summed E-state index contributed by atoms with van der Waals surface area (Å²) in [6, 6.07) is 2.24. The molecule has 1 aliphatic rings. The molecule has 1 aliphatic heterocycles. The van der Waals surface area contributed by atoms with Gasteiger partial charge < -0.3 is 5.32 Å². The first-order chi connectivity index (χ1) is 12.8. The van der Waals surface area contributed by atoms with E-state index in [1.807, 2.05) is 12.3 Å². The molecule has 1 N–H and O–H groups in total. The third-order valence-corrected chi connectivity index (χ3v) is 5.80. The Balaban J connectivity index is 1.65. The number of fused-ring (bicyclic) bond motifs is 1. The number of amides is 1. The lowest BCUT2D eigenvalue weighted by molar-refractivity contribution is -0.149. The van der Waals surface area contributed by atoms with Crippen molar-refractivity contribution in [1.82, 2.24) is 15.2 Å². The molecule has 2 aromatic heterocycles. The molecule has 8 heteroatoms. The van der Waals surface area contributed by atoms with Gasteiger partial charge in [-0.1, -0.05) is 13.0 Å². The van der Waals surface area contributed by atoms with Gasteiger partial charge in [0.2, 0.25) is 0 Å². The van der Waals surface area contributed by atoms with Gasteiger partial charge in [-0.25, -0.2) is 0 Å². The van der Waals surface area contributed by atoms with Crippen LogP contribution in [0, 0.1) is 0 Å². The number of carbonyl (C=O) groups is 1. The second-order valence-electron chi connectivity index (χ2n) is 6.76. The van der Waals surface area contributed by atoms with Crippen LogP contribution in [0.1, 0.15) is 45.9 Å². The number of rotatable bonds is 5. The second kappa shape index (κ2) is 7.98. The zero-order chi connectivity index (χ0) is 19.6. The Kier molecular flexibility index (Phi) is 5.86. The van der Waals surface area contributed by atoms with Crippen molar-refractivity contribution in [3.05, 3.63) is 51.0 Å². The van der Waals surface area contributed by atoms with E-state index >= 15 is 0 Å². The Labute approximate surface area is 160 Å². The highest BCUT2D eigenvalue weighted by Crippen LogP contribution is 2.30. The van der Waals surface area contributed by atoms with E-state index in [0.717, 1.165) is 36.0 Å². The number of nitrogens with one attached hydrogen (secondary N) is 1. The Morgan fingerprint density at radius 2 is 2.19 bits per heavy atom. The minimum absolute atomic E-state index is 0.371. The number of pyridine rings is 1. The molecule has 27 heavy (non-hydrogen) atoms. The van der Waals surface area contributed by atoms with Gasteiger partial charge in [0.15, 0.2) is 0 Å². The third-order valence-electron chi connectivity index (χ3n) is 4.79. The smallest absolute Gasteiger partial charge is 0.341 e. The van der Waals surface area contributed by atoms with Gasteiger partial charge >= 0.3 is 6.18 Å². The minimum atomic E-state index is -4.44. The number of aromatic nitrogens is 1. The van der Waals surface area contributed by atoms with Crippen molar-refractivity contribution in [3.8, 4) is 0 Å². The van der Waals surface area contributed by atoms with Gasteiger partial charge in [-0.3, -0.25) is 14.7 Å². The molecule has 1 amide bonds. The van der Waals surface area contributed by atoms with Crippen molar-refractivity contribution in [2.75, 3.05) is 6.54 Å². The van der Waals surface area contributed by atoms with Crippen LogP contribution in [0.3, 0.4) is 0 Å². The summed E-state index contributed by atoms with van der Waals surface area (Å²) >= 11 is 1.43. The number of aryl methyl sites for hydroxylation is 1. The highest BCUT2D eigenvalue weighted by molar-refractivity contribution is 7.10. The molecule has 0 saturated heterocycles. The number of carbonyl (C=O) groups excluding carboxylic acids is 1. The molecule has 3 rings (SSSR count). The van der Waals surface area contributed by atoms with Gasteiger partial charge in [0, 0.05) is 36.1 Å². The molecular weight excluding hydrogens is 375 g/mol. The molecule has 0 aromatic carbocycles. The third kappa shape index (κ3) is 4.68. The average Bonchev–Trinajstić information content (AvgIpc) is 3.05. The molecule has 0 saturated carbocycles. The monoisotopic (exact) mass is 397 g/mol. The van der Waals surface area contributed by atoms with E-state index in [2.05, 4.69) is 28.2 Å². The first-order valence-corrected chi connectivity index (χ1v) is 9.79. The van der Waals surface area contributed by atoms with E-state index in [9.17, 15) is 18.0 Å². The molecule has 0 aliphatic carbocycles. The normalized spacial score (nSPS) is 16.0. The SMILES string of the molecule is CCc1ccc(CN2CCc3c(C(=O)NC(C)C(F)(F)F)csc3C2)nc1. The largest absolute Gasteiger partial charge is 0.408 e. The van der Waals surface area contributed by atoms with E-state index in [1.165, 1.54) is 16.9 Å². The Hall–Kier alpha value is -1.93. The van der Waals surface area contributed by atoms with Crippen molar-refractivity contribution in [2.24, 2.45) is 0 Å². The molecule has 146 valence electrons. The molecule has 0 spiro atoms. The van der Waals surface area contributed by atoms with Crippen LogP contribution < -0.4 is 5.32 Å². The topological polar surface area (TPSA) is 45.2 Å². The van der Waals surface area contributed by atoms with Crippen LogP contribution in [0.25, 0.3) is 0 Å². The van der Waals surface area contributed by atoms with E-state index in [0.29, 0.717) is 25.1 Å². The Bertz CT molecular complexity index is 802. The number of hydrogen-bond acceptors (Lipinski definition) is 4. The zero-order valence-corrected chi connectivity index (χ0v) is 16.1. The van der Waals surface area contributed by atoms with Crippen molar-refractivity contribution in [3.63, 3.8) is 0 Å². The summed E-state index contributed by atoms with van der Waals surface area (Å²) in [5.74, 6) is -0.650. The summed E-state index contributed by atoms with van der Waals surface area (Å²) in [5, 5.41) is 3.72. The lowest BCUT2D eigenvalue weighted by Gasteiger charge is -2.27. The van der Waals surface area contributed by atoms with Crippen molar-refractivity contribution in [2.45, 2.75) is 52.0 Å². The highest BCUT2D eigenvalue weighted by Gasteiger charge is 2.37. The Morgan fingerprint density at radius 1 is 1.41 bits per heavy atom. The van der Waals surface area contributed by atoms with Crippen LogP contribution in [0.5, 0.6) is 0 Å². The number of hydrogen-bond donors (Lipinski definition) is 1. The standard InChI is InChI=1S/C19H22F3N3OS/c1-3-13-4-5-14(23-8-13)9-25-7-6-15-16(11-27-17(15)10-25)18(26)24-12(2)19(20,21)22/h4-5,8,11-12H,3,6-7,9-10H2,1-2H3,(H,24,26). The molecule has 2 aromatic rings. The lowest BCUT2D eigenvalue weighted by Crippen LogP contribution is -2.43. The van der Waals surface area contributed by atoms with Crippen LogP contribution >= 0.6 is 11.3 Å². The number of nitrogens with zero attached hydrogens (tertiary/aromatic N) is 2. The number of halogens is 3. The molecule has 3 heterocycles. The maximum Gasteiger partial charge on any atom is 0.408 e. The van der Waals surface area contributed by atoms with Crippen LogP contribution in [0.2, 0.25) is 0 Å². The first kappa shape index (κ1) is 19.8. The number of thiophene rings is 1. The van der Waals surface area contributed by atoms with Crippen molar-refractivity contribution >= 4 is 17.2 Å². The van der Waals surface area contributed by atoms with Gasteiger partial charge in [-0.05, 0) is 37.0 Å². The summed E-state index contributed by atoms with van der Waals surface area (Å²) in [7, 11) is 0. The van der Waals surface area contributed by atoms with Gasteiger partial charge in [-0.2, -0.15) is 13.2 Å². The molecular formula is C19H22F3N3OS. The van der Waals surface area contributed by atoms with Crippen molar-refractivity contribution < 1.29 is 18.0 Å². The minimum Gasteiger partial charge on any atom is -0.341 e. The van der Waals surface area contributed by atoms with E-state index in [1.54, 1.807) is 5.38 Å². The maximum atomic E-state index is 12.7. The summed E-state index contributed by atoms with van der Waals surface area (Å²) in [4.78, 5) is 20.0. The van der Waals surface area contributed by atoms with Crippen LogP contribution in [0.15, 0.2) is 23.7 Å². The Morgan fingerprint density at radius 3 is 2.81 bits per heavy atom. The van der Waals surface area contributed by atoms with Crippen molar-refractivity contribution in [1.29, 1.82) is 0 Å². The quantitative estimate of drug-likeness (QED) is 0.831. The fourth-order valence-electron chi connectivity index (χ4n) is 3.05. The summed E-state index contributed by atoms with van der Waals surface area (Å²) in [5.41, 5.74) is 3.43. The predicted molar refractivity (Wildman–Crippen MR) is 98.7 cm³/mol. The summed E-state index contributed by atoms with van der Waals surface area (Å²) < 4.78 is 38.0. The molecule has 0 fully saturated rings. The van der Waals surface area contributed by atoms with Gasteiger partial charge in [0.05, 0.1) is 11.3 Å². The molecule has 0 bridgehead atoms. The first-order valence-electron chi connectivity index (χ1n) is 8.91. The van der Waals surface area contributed by atoms with E-state index in [4.69, 9.17) is 0 Å². The summed E-state index contributed by atoms with van der Waals surface area (Å²) in [6.07, 6.45) is -0.953. The van der Waals surface area contributed by atoms with Crippen LogP contribution in [-0.2, 0) is 25.9 Å². The highest BCUT2D eigenvalue weighted by atomic mass is 32.1. The zero-order valence-electron chi connectivity index (χ0n) is 15.3. The van der Waals surface area contributed by atoms with Crippen LogP contribution in [0.4, 0.5) is 13.2 Å². The molecule has 4 nitrogen and oxygen atoms in total. The van der Waals surface area contributed by atoms with Crippen LogP contribution in [-0.4, -0.2) is 34.6 Å². The molecule has 0 radical (unpaired) electrons. The fraction of sp³-hybridized carbons (Fsp3) is 0.474. The predicted octanol–water partition coefficient (Wildman–Crippen LogP) is 3.94. The average molecular weight is 397 g/mol. The second-order valence-corrected chi connectivity index (χ2v) is 7.72. The lowest BCUT2D eigenvalue weighted by atomic mass is 10.0. The maximum absolute atomic E-state index is 12.7. The van der Waals surface area contributed by atoms with E-state index in [-0.39, 0.29) is 0 Å². The molecule has 1 unspecified atom stereocenters. The van der Waals surface area contributed by atoms with Gasteiger partial charge in [0.1, 0.15) is 6.04 Å². The van der Waals surface area contributed by atoms with E-state index < -0.39 is 18.1 Å². The number of alkyl halides is 3. The molecule has 1 atom stereocenters. The van der Waals surface area contributed by atoms with Gasteiger partial charge in [0.25, 0.3) is 5.91 Å².